The Labute approximate surface area is 311 Å². The summed E-state index contributed by atoms with van der Waals surface area (Å²) in [7, 11) is 0. The van der Waals surface area contributed by atoms with Crippen LogP contribution in [-0.2, 0) is 9.47 Å². The van der Waals surface area contributed by atoms with Gasteiger partial charge in [-0.25, -0.2) is 19.6 Å². The van der Waals surface area contributed by atoms with Crippen molar-refractivity contribution in [2.24, 2.45) is 0 Å². The minimum Gasteiger partial charge on any atom is -0.444 e. The van der Waals surface area contributed by atoms with Gasteiger partial charge in [-0.3, -0.25) is 0 Å². The molecule has 0 aromatic carbocycles. The van der Waals surface area contributed by atoms with E-state index in [0.717, 1.165) is 68.4 Å². The fourth-order valence-corrected chi connectivity index (χ4v) is 7.88. The predicted molar refractivity (Wildman–Crippen MR) is 201 cm³/mol. The Balaban J connectivity index is 0.000000187. The lowest BCUT2D eigenvalue weighted by atomic mass is 9.80. The molecular formula is C37H54BrCl2N5O4. The number of rotatable bonds is 1. The molecule has 6 rings (SSSR count). The van der Waals surface area contributed by atoms with E-state index >= 15 is 0 Å². The molecule has 12 heteroatoms. The Hall–Kier alpha value is -2.30. The zero-order chi connectivity index (χ0) is 35.9. The lowest BCUT2D eigenvalue weighted by Crippen LogP contribution is -2.55. The molecule has 4 fully saturated rings. The fraction of sp³-hybridized carbons (Fsp3) is 0.676. The Morgan fingerprint density at radius 3 is 1.51 bits per heavy atom. The maximum atomic E-state index is 12.6. The van der Waals surface area contributed by atoms with Gasteiger partial charge in [0.25, 0.3) is 0 Å². The van der Waals surface area contributed by atoms with Gasteiger partial charge in [0.15, 0.2) is 0 Å². The molecule has 49 heavy (non-hydrogen) atoms. The third-order valence-electron chi connectivity index (χ3n) is 9.67. The molecule has 2 spiro atoms. The van der Waals surface area contributed by atoms with Gasteiger partial charge in [0, 0.05) is 47.9 Å². The van der Waals surface area contributed by atoms with Gasteiger partial charge in [-0.1, -0.05) is 42.5 Å². The van der Waals surface area contributed by atoms with Crippen molar-refractivity contribution >= 4 is 57.0 Å². The lowest BCUT2D eigenvalue weighted by molar-refractivity contribution is 0.000158. The maximum absolute atomic E-state index is 12.6. The highest BCUT2D eigenvalue weighted by atomic mass is 79.9. The monoisotopic (exact) mass is 781 g/mol. The highest BCUT2D eigenvalue weighted by Crippen LogP contribution is 2.42. The van der Waals surface area contributed by atoms with Crippen LogP contribution in [0, 0.1) is 0 Å². The number of carbonyl (C=O) groups excluding carboxylic acids is 2. The van der Waals surface area contributed by atoms with E-state index in [2.05, 4.69) is 30.8 Å². The van der Waals surface area contributed by atoms with Crippen LogP contribution in [0.3, 0.4) is 0 Å². The summed E-state index contributed by atoms with van der Waals surface area (Å²) in [6.45, 7) is 15.1. The van der Waals surface area contributed by atoms with E-state index in [4.69, 9.17) is 32.7 Å². The summed E-state index contributed by atoms with van der Waals surface area (Å²) in [6.07, 6.45) is 15.8. The van der Waals surface area contributed by atoms with Crippen LogP contribution >= 0.6 is 39.1 Å². The van der Waals surface area contributed by atoms with Gasteiger partial charge < -0.3 is 24.2 Å². The summed E-state index contributed by atoms with van der Waals surface area (Å²) in [4.78, 5) is 39.1. The molecule has 1 aliphatic carbocycles. The zero-order valence-electron chi connectivity index (χ0n) is 30.1. The van der Waals surface area contributed by atoms with Crippen molar-refractivity contribution in [3.05, 3.63) is 51.4 Å². The topological polar surface area (TPSA) is 88.1 Å². The largest absolute Gasteiger partial charge is 0.444 e. The number of pyridine rings is 2. The average molecular weight is 784 g/mol. The first-order chi connectivity index (χ1) is 23.0. The summed E-state index contributed by atoms with van der Waals surface area (Å²) >= 11 is 14.6. The van der Waals surface area contributed by atoms with Crippen molar-refractivity contribution < 1.29 is 19.1 Å². The van der Waals surface area contributed by atoms with E-state index in [1.54, 1.807) is 12.3 Å². The van der Waals surface area contributed by atoms with E-state index in [0.29, 0.717) is 10.3 Å². The van der Waals surface area contributed by atoms with Crippen molar-refractivity contribution in [1.82, 2.24) is 19.8 Å². The van der Waals surface area contributed by atoms with Gasteiger partial charge in [0.1, 0.15) is 21.5 Å². The first-order valence-electron chi connectivity index (χ1n) is 17.7. The predicted octanol–water partition coefficient (Wildman–Crippen LogP) is 10.3. The normalized spacial score (nSPS) is 19.9. The molecule has 1 saturated carbocycles. The first-order valence-corrected chi connectivity index (χ1v) is 19.2. The van der Waals surface area contributed by atoms with Crippen LogP contribution in [0.15, 0.2) is 41.1 Å². The molecule has 3 saturated heterocycles. The van der Waals surface area contributed by atoms with Crippen LogP contribution in [0.4, 0.5) is 15.3 Å². The van der Waals surface area contributed by atoms with Crippen LogP contribution in [0.2, 0.25) is 10.3 Å². The van der Waals surface area contributed by atoms with Gasteiger partial charge in [0.2, 0.25) is 0 Å². The number of halogens is 3. The first kappa shape index (κ1) is 39.5. The van der Waals surface area contributed by atoms with Crippen molar-refractivity contribution in [2.75, 3.05) is 31.1 Å². The SMILES string of the molecule is CC(C)(C)OC(=O)N1CCCC12CCCCC2.CC(C)(C)OC(=O)N1CCCC12CCN(c1ccc(Cl)nc1)CC2.Clc1ccc(Br)cn1. The number of likely N-dealkylation sites (tertiary alicyclic amines) is 2. The summed E-state index contributed by atoms with van der Waals surface area (Å²) in [5.41, 5.74) is 0.363. The smallest absolute Gasteiger partial charge is 0.410 e. The number of aromatic nitrogens is 2. The minimum absolute atomic E-state index is 0.0430. The molecule has 3 aliphatic heterocycles. The number of carbonyl (C=O) groups is 2. The number of ether oxygens (including phenoxy) is 2. The molecule has 2 aromatic rings. The summed E-state index contributed by atoms with van der Waals surface area (Å²) in [5, 5.41) is 1.03. The average Bonchev–Trinajstić information content (AvgIpc) is 3.63. The van der Waals surface area contributed by atoms with Crippen LogP contribution < -0.4 is 4.90 Å². The van der Waals surface area contributed by atoms with Crippen molar-refractivity contribution in [1.29, 1.82) is 0 Å². The van der Waals surface area contributed by atoms with Crippen molar-refractivity contribution in [3.63, 3.8) is 0 Å². The molecule has 0 radical (unpaired) electrons. The van der Waals surface area contributed by atoms with Gasteiger partial charge in [-0.05, 0) is 133 Å². The fourth-order valence-electron chi connectivity index (χ4n) is 7.42. The van der Waals surface area contributed by atoms with Gasteiger partial charge in [-0.15, -0.1) is 0 Å². The summed E-state index contributed by atoms with van der Waals surface area (Å²) in [5.74, 6) is 0. The van der Waals surface area contributed by atoms with Crippen LogP contribution in [-0.4, -0.2) is 80.4 Å². The molecule has 9 nitrogen and oxygen atoms in total. The second-order valence-electron chi connectivity index (χ2n) is 15.6. The Morgan fingerprint density at radius 2 is 1.10 bits per heavy atom. The number of nitrogens with zero attached hydrogens (tertiary/aromatic N) is 5. The molecule has 5 heterocycles. The highest BCUT2D eigenvalue weighted by molar-refractivity contribution is 9.10. The molecular weight excluding hydrogens is 729 g/mol. The zero-order valence-corrected chi connectivity index (χ0v) is 33.2. The third kappa shape index (κ3) is 11.3. The van der Waals surface area contributed by atoms with E-state index in [1.165, 1.54) is 38.5 Å². The molecule has 2 aromatic heterocycles. The number of amides is 2. The summed E-state index contributed by atoms with van der Waals surface area (Å²) in [6, 6.07) is 7.40. The number of piperidine rings is 1. The maximum Gasteiger partial charge on any atom is 0.410 e. The number of hydrogen-bond donors (Lipinski definition) is 0. The van der Waals surface area contributed by atoms with Gasteiger partial charge >= 0.3 is 12.2 Å². The van der Waals surface area contributed by atoms with Crippen LogP contribution in [0.25, 0.3) is 0 Å². The Morgan fingerprint density at radius 1 is 0.653 bits per heavy atom. The van der Waals surface area contributed by atoms with Crippen molar-refractivity contribution in [3.8, 4) is 0 Å². The van der Waals surface area contributed by atoms with E-state index in [1.807, 2.05) is 75.7 Å². The molecule has 0 bridgehead atoms. The highest BCUT2D eigenvalue weighted by Gasteiger charge is 2.47. The Kier molecular flexibility index (Phi) is 13.5. The quantitative estimate of drug-likeness (QED) is 0.266. The lowest BCUT2D eigenvalue weighted by Gasteiger charge is -2.45. The third-order valence-corrected chi connectivity index (χ3v) is 10.6. The summed E-state index contributed by atoms with van der Waals surface area (Å²) < 4.78 is 12.1. The van der Waals surface area contributed by atoms with Gasteiger partial charge in [-0.2, -0.15) is 0 Å². The number of anilines is 1. The number of hydrogen-bond acceptors (Lipinski definition) is 7. The second-order valence-corrected chi connectivity index (χ2v) is 17.3. The molecule has 0 unspecified atom stereocenters. The van der Waals surface area contributed by atoms with Gasteiger partial charge in [0.05, 0.1) is 11.9 Å². The van der Waals surface area contributed by atoms with Crippen LogP contribution in [0.5, 0.6) is 0 Å². The molecule has 4 aliphatic rings. The van der Waals surface area contributed by atoms with Crippen molar-refractivity contribution in [2.45, 2.75) is 134 Å². The molecule has 0 N–H and O–H groups in total. The van der Waals surface area contributed by atoms with E-state index in [9.17, 15) is 9.59 Å². The Bertz CT molecular complexity index is 1350. The van der Waals surface area contributed by atoms with E-state index < -0.39 is 5.60 Å². The minimum atomic E-state index is -0.448. The van der Waals surface area contributed by atoms with E-state index in [-0.39, 0.29) is 28.9 Å². The van der Waals surface area contributed by atoms with Crippen LogP contribution in [0.1, 0.15) is 112 Å². The standard InChI is InChI=1S/C18H26ClN3O2.C14H25NO2.C5H3BrClN/c1-17(2,3)24-16(23)22-10-4-7-18(22)8-11-21(12-9-18)14-5-6-15(19)20-13-14;1-13(2,3)17-12(16)15-11-7-10-14(15)8-5-4-6-9-14;6-4-1-2-5(7)8-3-4/h5-6,13H,4,7-12H2,1-3H3;4-11H2,1-3H3;1-3H. The second kappa shape index (κ2) is 16.8. The molecule has 272 valence electrons. The molecule has 2 amide bonds. The molecule has 0 atom stereocenters.